The Morgan fingerprint density at radius 1 is 1.05 bits per heavy atom. The lowest BCUT2D eigenvalue weighted by atomic mass is 9.71. The molecule has 2 amide bonds. The van der Waals surface area contributed by atoms with Crippen molar-refractivity contribution in [3.05, 3.63) is 69.6 Å². The Kier molecular flexibility index (Phi) is 5.96. The molecule has 2 atom stereocenters. The minimum Gasteiger partial charge on any atom is -0.419 e. The van der Waals surface area contributed by atoms with Crippen LogP contribution in [0.5, 0.6) is 0 Å². The zero-order valence-electron chi connectivity index (χ0n) is 21.1. The average Bonchev–Trinajstić information content (AvgIpc) is 3.24. The Morgan fingerprint density at radius 2 is 1.77 bits per heavy atom. The number of carbonyl (C=O) groups is 2. The lowest BCUT2D eigenvalue weighted by Gasteiger charge is -2.50. The van der Waals surface area contributed by atoms with Crippen LogP contribution in [0.15, 0.2) is 41.1 Å². The van der Waals surface area contributed by atoms with Gasteiger partial charge in [0.15, 0.2) is 0 Å². The third-order valence-electron chi connectivity index (χ3n) is 8.19. The number of nitrogens with zero attached hydrogens (tertiary/aromatic N) is 6. The topological polar surface area (TPSA) is 105 Å². The van der Waals surface area contributed by atoms with Gasteiger partial charge in [-0.2, -0.15) is 19.0 Å². The van der Waals surface area contributed by atoms with Gasteiger partial charge in [0.1, 0.15) is 0 Å². The first-order valence-electron chi connectivity index (χ1n) is 12.4. The van der Waals surface area contributed by atoms with Crippen LogP contribution in [0.1, 0.15) is 53.9 Å². The van der Waals surface area contributed by atoms with Crippen molar-refractivity contribution >= 4 is 35.0 Å². The van der Waals surface area contributed by atoms with E-state index in [2.05, 4.69) is 34.2 Å². The Hall–Kier alpha value is -3.18. The quantitative estimate of drug-likeness (QED) is 0.442. The SMILES string of the molecule is CC1(C)C[C@@H]1C(=O)N1CC2(CN(C(=O)c3ccnnc3)CC2c2nnc(C(F)(F)c3ccc(Cl)c(Cl)c3)o2)C1. The number of amides is 2. The summed E-state index contributed by atoms with van der Waals surface area (Å²) < 4.78 is 36.2. The maximum absolute atomic E-state index is 15.3. The van der Waals surface area contributed by atoms with Gasteiger partial charge in [-0.1, -0.05) is 43.1 Å². The largest absolute Gasteiger partial charge is 0.419 e. The summed E-state index contributed by atoms with van der Waals surface area (Å²) in [5.74, 6) is -5.30. The number of hydrogen-bond donors (Lipinski definition) is 0. The van der Waals surface area contributed by atoms with Gasteiger partial charge in [0, 0.05) is 43.1 Å². The summed E-state index contributed by atoms with van der Waals surface area (Å²) in [6.45, 7) is 5.31. The third kappa shape index (κ3) is 4.35. The van der Waals surface area contributed by atoms with Crippen LogP contribution in [-0.2, 0) is 10.7 Å². The zero-order chi connectivity index (χ0) is 27.7. The lowest BCUT2D eigenvalue weighted by Crippen LogP contribution is -2.62. The Morgan fingerprint density at radius 3 is 2.41 bits per heavy atom. The van der Waals surface area contributed by atoms with E-state index in [9.17, 15) is 9.59 Å². The van der Waals surface area contributed by atoms with E-state index in [0.29, 0.717) is 25.2 Å². The van der Waals surface area contributed by atoms with Gasteiger partial charge >= 0.3 is 5.92 Å². The number of likely N-dealkylation sites (tertiary alicyclic amines) is 2. The summed E-state index contributed by atoms with van der Waals surface area (Å²) in [4.78, 5) is 29.7. The molecule has 1 aliphatic carbocycles. The van der Waals surface area contributed by atoms with Gasteiger partial charge in [-0.05, 0) is 30.0 Å². The number of hydrogen-bond acceptors (Lipinski definition) is 7. The molecule has 1 aromatic carbocycles. The molecule has 0 radical (unpaired) electrons. The van der Waals surface area contributed by atoms with Crippen LogP contribution in [-0.4, -0.2) is 68.2 Å². The molecule has 2 aromatic heterocycles. The molecule has 6 rings (SSSR count). The van der Waals surface area contributed by atoms with Gasteiger partial charge in [-0.15, -0.1) is 10.2 Å². The second-order valence-corrected chi connectivity index (χ2v) is 12.1. The van der Waals surface area contributed by atoms with Gasteiger partial charge in [-0.3, -0.25) is 9.59 Å². The first kappa shape index (κ1) is 26.1. The van der Waals surface area contributed by atoms with Crippen LogP contribution < -0.4 is 0 Å². The van der Waals surface area contributed by atoms with E-state index >= 15 is 8.78 Å². The number of rotatable bonds is 5. The van der Waals surface area contributed by atoms with Crippen molar-refractivity contribution in [3.63, 3.8) is 0 Å². The van der Waals surface area contributed by atoms with Crippen molar-refractivity contribution in [2.75, 3.05) is 26.2 Å². The highest BCUT2D eigenvalue weighted by Gasteiger charge is 2.62. The van der Waals surface area contributed by atoms with Crippen molar-refractivity contribution in [2.24, 2.45) is 16.7 Å². The highest BCUT2D eigenvalue weighted by atomic mass is 35.5. The van der Waals surface area contributed by atoms with E-state index < -0.39 is 28.7 Å². The smallest absolute Gasteiger partial charge is 0.349 e. The molecular weight excluding hydrogens is 553 g/mol. The van der Waals surface area contributed by atoms with Crippen LogP contribution in [0.4, 0.5) is 8.78 Å². The fourth-order valence-corrected chi connectivity index (χ4v) is 5.98. The number of benzene rings is 1. The number of carbonyl (C=O) groups excluding carboxylic acids is 2. The van der Waals surface area contributed by atoms with E-state index in [4.69, 9.17) is 27.6 Å². The predicted octanol–water partition coefficient (Wildman–Crippen LogP) is 4.42. The van der Waals surface area contributed by atoms with Crippen LogP contribution in [0.3, 0.4) is 0 Å². The molecule has 3 aromatic rings. The monoisotopic (exact) mass is 576 g/mol. The molecule has 204 valence electrons. The molecule has 2 aliphatic heterocycles. The van der Waals surface area contributed by atoms with Crippen LogP contribution in [0.25, 0.3) is 0 Å². The zero-order valence-corrected chi connectivity index (χ0v) is 22.6. The Labute approximate surface area is 232 Å². The second-order valence-electron chi connectivity index (χ2n) is 11.3. The van der Waals surface area contributed by atoms with E-state index in [-0.39, 0.29) is 45.6 Å². The normalized spacial score (nSPS) is 23.1. The van der Waals surface area contributed by atoms with Gasteiger partial charge < -0.3 is 14.2 Å². The van der Waals surface area contributed by atoms with E-state index in [0.717, 1.165) is 18.6 Å². The summed E-state index contributed by atoms with van der Waals surface area (Å²) in [5.41, 5.74) is -0.719. The molecule has 13 heteroatoms. The van der Waals surface area contributed by atoms with Gasteiger partial charge in [0.05, 0.1) is 33.9 Å². The van der Waals surface area contributed by atoms with Crippen molar-refractivity contribution in [1.82, 2.24) is 30.2 Å². The summed E-state index contributed by atoms with van der Waals surface area (Å²) in [7, 11) is 0. The molecule has 1 spiro atoms. The summed E-state index contributed by atoms with van der Waals surface area (Å²) in [5, 5.41) is 15.3. The average molecular weight is 577 g/mol. The fourth-order valence-electron chi connectivity index (χ4n) is 5.68. The molecule has 1 saturated carbocycles. The van der Waals surface area contributed by atoms with E-state index in [1.807, 2.05) is 0 Å². The lowest BCUT2D eigenvalue weighted by molar-refractivity contribution is -0.146. The summed E-state index contributed by atoms with van der Waals surface area (Å²) >= 11 is 11.8. The van der Waals surface area contributed by atoms with Crippen LogP contribution >= 0.6 is 23.2 Å². The van der Waals surface area contributed by atoms with Crippen molar-refractivity contribution < 1.29 is 22.8 Å². The molecule has 1 unspecified atom stereocenters. The van der Waals surface area contributed by atoms with E-state index in [1.165, 1.54) is 18.5 Å². The molecule has 3 fully saturated rings. The number of alkyl halides is 2. The number of halogens is 4. The van der Waals surface area contributed by atoms with E-state index in [1.54, 1.807) is 15.9 Å². The molecule has 9 nitrogen and oxygen atoms in total. The van der Waals surface area contributed by atoms with Crippen molar-refractivity contribution in [1.29, 1.82) is 0 Å². The van der Waals surface area contributed by atoms with Crippen LogP contribution in [0, 0.1) is 16.7 Å². The molecular formula is C26H24Cl2F2N6O3. The predicted molar refractivity (Wildman–Crippen MR) is 135 cm³/mol. The Bertz CT molecular complexity index is 1460. The molecule has 4 heterocycles. The molecule has 3 aliphatic rings. The summed E-state index contributed by atoms with van der Waals surface area (Å²) in [6.07, 6.45) is 3.62. The second kappa shape index (κ2) is 8.92. The number of aromatic nitrogens is 4. The van der Waals surface area contributed by atoms with Gasteiger partial charge in [0.2, 0.25) is 11.8 Å². The van der Waals surface area contributed by atoms with Gasteiger partial charge in [0.25, 0.3) is 11.8 Å². The molecule has 0 bridgehead atoms. The maximum Gasteiger partial charge on any atom is 0.349 e. The van der Waals surface area contributed by atoms with Crippen molar-refractivity contribution in [3.8, 4) is 0 Å². The third-order valence-corrected chi connectivity index (χ3v) is 8.93. The minimum absolute atomic E-state index is 0.00765. The maximum atomic E-state index is 15.3. The molecule has 0 N–H and O–H groups in total. The molecule has 2 saturated heterocycles. The van der Waals surface area contributed by atoms with Crippen molar-refractivity contribution in [2.45, 2.75) is 32.1 Å². The fraction of sp³-hybridized carbons (Fsp3) is 0.462. The highest BCUT2D eigenvalue weighted by Crippen LogP contribution is 2.56. The molecule has 39 heavy (non-hydrogen) atoms. The highest BCUT2D eigenvalue weighted by molar-refractivity contribution is 6.42. The van der Waals surface area contributed by atoms with Crippen LogP contribution in [0.2, 0.25) is 10.0 Å². The first-order chi connectivity index (χ1) is 18.4. The minimum atomic E-state index is -3.62. The summed E-state index contributed by atoms with van der Waals surface area (Å²) in [6, 6.07) is 5.04. The Balaban J connectivity index is 1.28. The standard InChI is InChI=1S/C26H24Cl2F2N6O3/c1-24(2)8-16(24)22(38)36-12-25(13-36)11-35(21(37)14-5-6-31-32-9-14)10-17(25)20-33-34-23(39-20)26(29,30)15-3-4-18(27)19(28)7-15/h3-7,9,16-17H,8,10-13H2,1-2H3/t16-,17?/m1/s1. The first-order valence-corrected chi connectivity index (χ1v) is 13.2. The van der Waals surface area contributed by atoms with Gasteiger partial charge in [-0.25, -0.2) is 0 Å².